The Morgan fingerprint density at radius 1 is 1.05 bits per heavy atom. The van der Waals surface area contributed by atoms with Gasteiger partial charge in [-0.3, -0.25) is 0 Å². The number of hydrogen-bond donors (Lipinski definition) is 1. The molecule has 1 unspecified atom stereocenters. The van der Waals surface area contributed by atoms with Crippen LogP contribution in [-0.4, -0.2) is 11.7 Å². The van der Waals surface area contributed by atoms with E-state index < -0.39 is 0 Å². The minimum Gasteiger partial charge on any atom is -0.508 e. The summed E-state index contributed by atoms with van der Waals surface area (Å²) < 4.78 is 5.87. The van der Waals surface area contributed by atoms with Crippen molar-refractivity contribution in [3.63, 3.8) is 0 Å². The molecule has 0 radical (unpaired) electrons. The van der Waals surface area contributed by atoms with E-state index in [0.29, 0.717) is 18.3 Å². The lowest BCUT2D eigenvalue weighted by Crippen LogP contribution is -2.19. The topological polar surface area (TPSA) is 29.5 Å². The molecular weight excluding hydrogens is 236 g/mol. The van der Waals surface area contributed by atoms with E-state index in [1.165, 1.54) is 16.7 Å². The van der Waals surface area contributed by atoms with Gasteiger partial charge in [0, 0.05) is 11.5 Å². The predicted octanol–water partition coefficient (Wildman–Crippen LogP) is 3.73. The van der Waals surface area contributed by atoms with Crippen LogP contribution in [0.15, 0.2) is 36.4 Å². The number of phenolic OH excluding ortho intramolecular Hbond substituents is 1. The third kappa shape index (κ3) is 2.19. The molecule has 1 aliphatic rings. The number of phenols is 1. The quantitative estimate of drug-likeness (QED) is 0.840. The first-order chi connectivity index (χ1) is 9.15. The Balaban J connectivity index is 1.90. The molecule has 0 aliphatic carbocycles. The number of hydrogen-bond acceptors (Lipinski definition) is 2. The molecule has 1 atom stereocenters. The smallest absolute Gasteiger partial charge is 0.129 e. The van der Waals surface area contributed by atoms with Gasteiger partial charge in [-0.05, 0) is 37.5 Å². The van der Waals surface area contributed by atoms with E-state index in [2.05, 4.69) is 31.2 Å². The Bertz CT molecular complexity index is 599. The zero-order chi connectivity index (χ0) is 13.4. The fourth-order valence-corrected chi connectivity index (χ4v) is 2.66. The van der Waals surface area contributed by atoms with Crippen molar-refractivity contribution in [2.75, 3.05) is 6.61 Å². The molecule has 2 heteroatoms. The highest BCUT2D eigenvalue weighted by Gasteiger charge is 2.23. The number of rotatable bonds is 1. The third-order valence-corrected chi connectivity index (χ3v) is 3.90. The van der Waals surface area contributed by atoms with Gasteiger partial charge < -0.3 is 9.84 Å². The molecule has 0 amide bonds. The predicted molar refractivity (Wildman–Crippen MR) is 76.0 cm³/mol. The maximum atomic E-state index is 9.71. The largest absolute Gasteiger partial charge is 0.508 e. The van der Waals surface area contributed by atoms with Gasteiger partial charge in [-0.1, -0.05) is 35.9 Å². The van der Waals surface area contributed by atoms with Gasteiger partial charge in [0.05, 0.1) is 6.61 Å². The zero-order valence-electron chi connectivity index (χ0n) is 11.3. The second-order valence-electron chi connectivity index (χ2n) is 5.32. The molecule has 1 heterocycles. The van der Waals surface area contributed by atoms with Crippen molar-refractivity contribution in [2.24, 2.45) is 0 Å². The van der Waals surface area contributed by atoms with E-state index in [9.17, 15) is 5.11 Å². The maximum Gasteiger partial charge on any atom is 0.129 e. The van der Waals surface area contributed by atoms with E-state index in [4.69, 9.17) is 4.74 Å². The standard InChI is InChI=1S/C17H18O2/c1-11-3-5-13(6-4-11)15-9-14-7-8-16(18)12(2)17(14)19-10-15/h3-8,15,18H,9-10H2,1-2H3. The van der Waals surface area contributed by atoms with Crippen molar-refractivity contribution in [1.82, 2.24) is 0 Å². The highest BCUT2D eigenvalue weighted by atomic mass is 16.5. The van der Waals surface area contributed by atoms with Crippen LogP contribution in [0.25, 0.3) is 0 Å². The van der Waals surface area contributed by atoms with Crippen LogP contribution in [0.5, 0.6) is 11.5 Å². The normalized spacial score (nSPS) is 17.7. The van der Waals surface area contributed by atoms with Crippen LogP contribution in [0.2, 0.25) is 0 Å². The van der Waals surface area contributed by atoms with E-state index in [-0.39, 0.29) is 0 Å². The van der Waals surface area contributed by atoms with Crippen LogP contribution in [0.4, 0.5) is 0 Å². The lowest BCUT2D eigenvalue weighted by Gasteiger charge is -2.27. The van der Waals surface area contributed by atoms with Crippen molar-refractivity contribution in [3.8, 4) is 11.5 Å². The van der Waals surface area contributed by atoms with Gasteiger partial charge in [-0.2, -0.15) is 0 Å². The lowest BCUT2D eigenvalue weighted by atomic mass is 9.89. The van der Waals surface area contributed by atoms with Gasteiger partial charge in [0.2, 0.25) is 0 Å². The maximum absolute atomic E-state index is 9.71. The first-order valence-corrected chi connectivity index (χ1v) is 6.66. The van der Waals surface area contributed by atoms with E-state index in [1.807, 2.05) is 13.0 Å². The molecule has 1 aliphatic heterocycles. The summed E-state index contributed by atoms with van der Waals surface area (Å²) in [6.07, 6.45) is 0.972. The molecule has 0 spiro atoms. The van der Waals surface area contributed by atoms with Gasteiger partial charge in [-0.15, -0.1) is 0 Å². The van der Waals surface area contributed by atoms with Crippen LogP contribution in [-0.2, 0) is 6.42 Å². The summed E-state index contributed by atoms with van der Waals surface area (Å²) in [7, 11) is 0. The molecule has 0 aromatic heterocycles. The first-order valence-electron chi connectivity index (χ1n) is 6.66. The molecule has 1 N–H and O–H groups in total. The molecule has 0 saturated heterocycles. The number of ether oxygens (including phenoxy) is 1. The summed E-state index contributed by atoms with van der Waals surface area (Å²) in [6.45, 7) is 4.68. The van der Waals surface area contributed by atoms with Gasteiger partial charge in [0.25, 0.3) is 0 Å². The zero-order valence-corrected chi connectivity index (χ0v) is 11.3. The van der Waals surface area contributed by atoms with Crippen LogP contribution < -0.4 is 4.74 Å². The van der Waals surface area contributed by atoms with Crippen LogP contribution in [0.1, 0.15) is 28.2 Å². The van der Waals surface area contributed by atoms with Gasteiger partial charge in [0.1, 0.15) is 11.5 Å². The summed E-state index contributed by atoms with van der Waals surface area (Å²) in [5.41, 5.74) is 4.63. The summed E-state index contributed by atoms with van der Waals surface area (Å²) in [6, 6.07) is 12.4. The highest BCUT2D eigenvalue weighted by molar-refractivity contribution is 5.50. The minimum absolute atomic E-state index is 0.313. The molecule has 2 aromatic rings. The second-order valence-corrected chi connectivity index (χ2v) is 5.32. The summed E-state index contributed by atoms with van der Waals surface area (Å²) in [5, 5.41) is 9.71. The Labute approximate surface area is 113 Å². The van der Waals surface area contributed by atoms with Crippen LogP contribution in [0.3, 0.4) is 0 Å². The molecule has 19 heavy (non-hydrogen) atoms. The lowest BCUT2D eigenvalue weighted by molar-refractivity contribution is 0.259. The molecule has 3 rings (SSSR count). The monoisotopic (exact) mass is 254 g/mol. The van der Waals surface area contributed by atoms with Crippen molar-refractivity contribution in [2.45, 2.75) is 26.2 Å². The fraction of sp³-hybridized carbons (Fsp3) is 0.294. The number of aryl methyl sites for hydroxylation is 1. The summed E-state index contributed by atoms with van der Waals surface area (Å²) in [4.78, 5) is 0. The minimum atomic E-state index is 0.313. The highest BCUT2D eigenvalue weighted by Crippen LogP contribution is 2.38. The van der Waals surface area contributed by atoms with Crippen LogP contribution >= 0.6 is 0 Å². The second kappa shape index (κ2) is 4.61. The number of fused-ring (bicyclic) bond motifs is 1. The summed E-state index contributed by atoms with van der Waals surface area (Å²) >= 11 is 0. The average Bonchev–Trinajstić information content (AvgIpc) is 2.43. The van der Waals surface area contributed by atoms with E-state index in [0.717, 1.165) is 17.7 Å². The van der Waals surface area contributed by atoms with Gasteiger partial charge in [0.15, 0.2) is 0 Å². The van der Waals surface area contributed by atoms with E-state index in [1.54, 1.807) is 6.07 Å². The molecule has 0 bridgehead atoms. The van der Waals surface area contributed by atoms with Crippen molar-refractivity contribution in [1.29, 1.82) is 0 Å². The summed E-state index contributed by atoms with van der Waals surface area (Å²) in [5.74, 6) is 1.58. The molecule has 2 aromatic carbocycles. The molecule has 2 nitrogen and oxygen atoms in total. The van der Waals surface area contributed by atoms with E-state index >= 15 is 0 Å². The molecular formula is C17H18O2. The number of aromatic hydroxyl groups is 1. The Morgan fingerprint density at radius 3 is 2.53 bits per heavy atom. The molecule has 0 saturated carbocycles. The van der Waals surface area contributed by atoms with Gasteiger partial charge in [-0.25, -0.2) is 0 Å². The Morgan fingerprint density at radius 2 is 1.79 bits per heavy atom. The fourth-order valence-electron chi connectivity index (χ4n) is 2.66. The third-order valence-electron chi connectivity index (χ3n) is 3.90. The van der Waals surface area contributed by atoms with Crippen molar-refractivity contribution < 1.29 is 9.84 Å². The Hall–Kier alpha value is -1.96. The average molecular weight is 254 g/mol. The van der Waals surface area contributed by atoms with Crippen molar-refractivity contribution >= 4 is 0 Å². The number of benzene rings is 2. The SMILES string of the molecule is Cc1ccc(C2COc3c(ccc(O)c3C)C2)cc1. The van der Waals surface area contributed by atoms with Crippen molar-refractivity contribution in [3.05, 3.63) is 58.7 Å². The molecule has 0 fully saturated rings. The Kier molecular flexibility index (Phi) is 2.94. The molecule has 98 valence electrons. The first kappa shape index (κ1) is 12.1. The van der Waals surface area contributed by atoms with Gasteiger partial charge >= 0.3 is 0 Å². The van der Waals surface area contributed by atoms with Crippen LogP contribution in [0, 0.1) is 13.8 Å².